The predicted molar refractivity (Wildman–Crippen MR) is 42.0 cm³/mol. The van der Waals surface area contributed by atoms with Gasteiger partial charge in [0, 0.05) is 6.61 Å². The van der Waals surface area contributed by atoms with E-state index in [-0.39, 0.29) is 6.16 Å². The minimum absolute atomic E-state index is 0.210. The lowest BCUT2D eigenvalue weighted by Crippen LogP contribution is -2.05. The van der Waals surface area contributed by atoms with E-state index in [1.807, 2.05) is 6.92 Å². The fourth-order valence-electron chi connectivity index (χ4n) is 0.507. The Kier molecular flexibility index (Phi) is 8.07. The lowest BCUT2D eigenvalue weighted by atomic mass is 10.7. The third-order valence-electron chi connectivity index (χ3n) is 1.00. The molecule has 0 aromatic rings. The number of hydrogen-bond acceptors (Lipinski definition) is 3. The molecule has 0 aromatic carbocycles. The largest absolute Gasteiger partial charge is 0.507 e. The van der Waals surface area contributed by atoms with Crippen LogP contribution >= 0.6 is 8.03 Å². The first-order chi connectivity index (χ1) is 5.27. The summed E-state index contributed by atoms with van der Waals surface area (Å²) in [5.41, 5.74) is 0. The van der Waals surface area contributed by atoms with Crippen LogP contribution in [0, 0.1) is 0 Å². The Bertz CT molecular complexity index is 107. The molecule has 0 aliphatic heterocycles. The van der Waals surface area contributed by atoms with E-state index in [9.17, 15) is 4.57 Å². The molecule has 0 saturated heterocycles. The SMILES string of the molecule is CCOCCOCC[P+](=O)O. The van der Waals surface area contributed by atoms with Crippen molar-refractivity contribution in [2.75, 3.05) is 32.6 Å². The molecule has 4 nitrogen and oxygen atoms in total. The molecule has 5 heteroatoms. The van der Waals surface area contributed by atoms with Crippen LogP contribution in [0.2, 0.25) is 0 Å². The van der Waals surface area contributed by atoms with Crippen LogP contribution in [0.1, 0.15) is 6.92 Å². The van der Waals surface area contributed by atoms with Gasteiger partial charge in [0.05, 0.1) is 19.8 Å². The van der Waals surface area contributed by atoms with Gasteiger partial charge >= 0.3 is 8.03 Å². The summed E-state index contributed by atoms with van der Waals surface area (Å²) in [6, 6.07) is 0. The van der Waals surface area contributed by atoms with Crippen molar-refractivity contribution in [2.24, 2.45) is 0 Å². The Morgan fingerprint density at radius 3 is 2.45 bits per heavy atom. The average molecular weight is 181 g/mol. The summed E-state index contributed by atoms with van der Waals surface area (Å²) in [7, 11) is -2.04. The highest BCUT2D eigenvalue weighted by molar-refractivity contribution is 7.38. The first-order valence-electron chi connectivity index (χ1n) is 3.56. The molecular weight excluding hydrogens is 167 g/mol. The Morgan fingerprint density at radius 1 is 1.27 bits per heavy atom. The van der Waals surface area contributed by atoms with Crippen LogP contribution < -0.4 is 0 Å². The zero-order chi connectivity index (χ0) is 8.53. The lowest BCUT2D eigenvalue weighted by molar-refractivity contribution is 0.0588. The summed E-state index contributed by atoms with van der Waals surface area (Å²) in [6.07, 6.45) is 0.210. The van der Waals surface area contributed by atoms with Gasteiger partial charge in [0.15, 0.2) is 0 Å². The van der Waals surface area contributed by atoms with Crippen molar-refractivity contribution in [3.05, 3.63) is 0 Å². The Morgan fingerprint density at radius 2 is 1.91 bits per heavy atom. The molecule has 1 unspecified atom stereocenters. The maximum Gasteiger partial charge on any atom is 0.507 e. The fourth-order valence-corrected chi connectivity index (χ4v) is 0.792. The third kappa shape index (κ3) is 9.98. The number of rotatable bonds is 7. The highest BCUT2D eigenvalue weighted by Crippen LogP contribution is 2.10. The number of ether oxygens (including phenoxy) is 2. The second kappa shape index (κ2) is 8.08. The molecule has 66 valence electrons. The maximum absolute atomic E-state index is 10.1. The minimum atomic E-state index is -2.04. The zero-order valence-corrected chi connectivity index (χ0v) is 7.55. The van der Waals surface area contributed by atoms with Crippen LogP contribution in [-0.2, 0) is 14.0 Å². The standard InChI is InChI=1S/C6H13O4P/c1-2-9-3-4-10-5-6-11(7)8/h2-6H2,1H3/p+1. The quantitative estimate of drug-likeness (QED) is 0.465. The normalized spacial score (nSPS) is 11.6. The molecule has 0 fully saturated rings. The summed E-state index contributed by atoms with van der Waals surface area (Å²) in [5, 5.41) is 0. The number of hydrogen-bond donors (Lipinski definition) is 1. The second-order valence-corrected chi connectivity index (χ2v) is 3.04. The van der Waals surface area contributed by atoms with Crippen molar-refractivity contribution < 1.29 is 18.9 Å². The van der Waals surface area contributed by atoms with Crippen molar-refractivity contribution in [1.29, 1.82) is 0 Å². The van der Waals surface area contributed by atoms with Crippen molar-refractivity contribution in [2.45, 2.75) is 6.92 Å². The van der Waals surface area contributed by atoms with Crippen LogP contribution in [0.15, 0.2) is 0 Å². The molecule has 0 aliphatic carbocycles. The first kappa shape index (κ1) is 11.0. The highest BCUT2D eigenvalue weighted by Gasteiger charge is 2.07. The molecule has 0 amide bonds. The van der Waals surface area contributed by atoms with E-state index in [0.717, 1.165) is 0 Å². The van der Waals surface area contributed by atoms with Crippen LogP contribution in [0.4, 0.5) is 0 Å². The van der Waals surface area contributed by atoms with Gasteiger partial charge in [0.2, 0.25) is 6.16 Å². The molecule has 0 aromatic heterocycles. The smallest absolute Gasteiger partial charge is 0.379 e. The van der Waals surface area contributed by atoms with Crippen LogP contribution in [0.5, 0.6) is 0 Å². The molecule has 0 bridgehead atoms. The molecule has 11 heavy (non-hydrogen) atoms. The van der Waals surface area contributed by atoms with Gasteiger partial charge in [-0.2, -0.15) is 4.89 Å². The van der Waals surface area contributed by atoms with Gasteiger partial charge in [-0.25, -0.2) is 0 Å². The lowest BCUT2D eigenvalue weighted by Gasteiger charge is -1.99. The minimum Gasteiger partial charge on any atom is -0.379 e. The van der Waals surface area contributed by atoms with Crippen molar-refractivity contribution in [3.63, 3.8) is 0 Å². The molecule has 0 heterocycles. The van der Waals surface area contributed by atoms with E-state index in [2.05, 4.69) is 0 Å². The molecule has 0 rings (SSSR count). The van der Waals surface area contributed by atoms with Crippen molar-refractivity contribution in [3.8, 4) is 0 Å². The second-order valence-electron chi connectivity index (χ2n) is 1.89. The summed E-state index contributed by atoms with van der Waals surface area (Å²) < 4.78 is 20.1. The monoisotopic (exact) mass is 181 g/mol. The Labute approximate surface area is 67.4 Å². The van der Waals surface area contributed by atoms with Crippen LogP contribution in [0.3, 0.4) is 0 Å². The van der Waals surface area contributed by atoms with Gasteiger partial charge in [-0.3, -0.25) is 0 Å². The summed E-state index contributed by atoms with van der Waals surface area (Å²) in [4.78, 5) is 8.35. The van der Waals surface area contributed by atoms with Crippen LogP contribution in [-0.4, -0.2) is 37.5 Å². The fraction of sp³-hybridized carbons (Fsp3) is 1.00. The topological polar surface area (TPSA) is 55.8 Å². The van der Waals surface area contributed by atoms with E-state index in [0.29, 0.717) is 26.4 Å². The molecule has 0 spiro atoms. The maximum atomic E-state index is 10.1. The molecule has 1 N–H and O–H groups in total. The molecule has 0 saturated carbocycles. The van der Waals surface area contributed by atoms with Crippen LogP contribution in [0.25, 0.3) is 0 Å². The third-order valence-corrected chi connectivity index (χ3v) is 1.57. The van der Waals surface area contributed by atoms with Gasteiger partial charge in [0.25, 0.3) is 0 Å². The predicted octanol–water partition coefficient (Wildman–Crippen LogP) is 0.774. The molecule has 1 atom stereocenters. The summed E-state index contributed by atoms with van der Waals surface area (Å²) in [6.45, 7) is 3.97. The molecule has 0 radical (unpaired) electrons. The van der Waals surface area contributed by atoms with Gasteiger partial charge in [0.1, 0.15) is 0 Å². The molecular formula is C6H14O4P+. The van der Waals surface area contributed by atoms with Gasteiger partial charge in [-0.1, -0.05) is 0 Å². The van der Waals surface area contributed by atoms with Crippen molar-refractivity contribution in [1.82, 2.24) is 0 Å². The van der Waals surface area contributed by atoms with E-state index < -0.39 is 8.03 Å². The van der Waals surface area contributed by atoms with E-state index in [1.165, 1.54) is 0 Å². The average Bonchev–Trinajstić information content (AvgIpc) is 1.96. The van der Waals surface area contributed by atoms with Crippen molar-refractivity contribution >= 4 is 8.03 Å². The zero-order valence-electron chi connectivity index (χ0n) is 6.65. The molecule has 0 aliphatic rings. The van der Waals surface area contributed by atoms with E-state index >= 15 is 0 Å². The Balaban J connectivity index is 2.85. The summed E-state index contributed by atoms with van der Waals surface area (Å²) in [5.74, 6) is 0. The van der Waals surface area contributed by atoms with E-state index in [4.69, 9.17) is 14.4 Å². The van der Waals surface area contributed by atoms with Gasteiger partial charge < -0.3 is 9.47 Å². The highest BCUT2D eigenvalue weighted by atomic mass is 31.1. The summed E-state index contributed by atoms with van der Waals surface area (Å²) >= 11 is 0. The first-order valence-corrected chi connectivity index (χ1v) is 4.96. The van der Waals surface area contributed by atoms with Gasteiger partial charge in [-0.05, 0) is 11.5 Å². The van der Waals surface area contributed by atoms with Gasteiger partial charge in [-0.15, -0.1) is 0 Å². The Hall–Kier alpha value is -0.0200. The van der Waals surface area contributed by atoms with E-state index in [1.54, 1.807) is 0 Å².